The van der Waals surface area contributed by atoms with Gasteiger partial charge in [-0.2, -0.15) is 0 Å². The maximum atomic E-state index is 13.0. The number of unbranched alkanes of at least 4 members (excludes halogenated alkanes) is 38. The number of aliphatic hydroxyl groups excluding tert-OH is 1. The van der Waals surface area contributed by atoms with E-state index in [0.717, 1.165) is 38.5 Å². The van der Waals surface area contributed by atoms with Crippen molar-refractivity contribution in [1.29, 1.82) is 0 Å². The molecule has 66 heavy (non-hydrogen) atoms. The average molecular weight is 955 g/mol. The molecule has 0 aliphatic heterocycles. The van der Waals surface area contributed by atoms with Crippen molar-refractivity contribution in [3.05, 3.63) is 24.3 Å². The molecule has 392 valence electrons. The molecule has 0 bridgehead atoms. The lowest BCUT2D eigenvalue weighted by atomic mass is 10.0. The minimum atomic E-state index is -4.34. The van der Waals surface area contributed by atoms with E-state index in [1.807, 2.05) is 27.2 Å². The fraction of sp³-hybridized carbons (Fsp3) is 0.912. The van der Waals surface area contributed by atoms with Crippen LogP contribution in [0.5, 0.6) is 0 Å². The number of hydrogen-bond acceptors (Lipinski definition) is 5. The first-order valence-electron chi connectivity index (χ1n) is 28.7. The molecule has 3 N–H and O–H groups in total. The van der Waals surface area contributed by atoms with E-state index in [1.165, 1.54) is 225 Å². The largest absolute Gasteiger partial charge is 0.472 e. The van der Waals surface area contributed by atoms with Gasteiger partial charge in [-0.3, -0.25) is 13.8 Å². The second-order valence-electron chi connectivity index (χ2n) is 21.0. The smallest absolute Gasteiger partial charge is 0.387 e. The summed E-state index contributed by atoms with van der Waals surface area (Å²) in [5.41, 5.74) is 0. The fourth-order valence-corrected chi connectivity index (χ4v) is 9.36. The number of aliphatic hydroxyl groups is 1. The lowest BCUT2D eigenvalue weighted by Crippen LogP contribution is -2.45. The van der Waals surface area contributed by atoms with E-state index in [4.69, 9.17) is 9.05 Å². The van der Waals surface area contributed by atoms with Crippen molar-refractivity contribution in [3.8, 4) is 0 Å². The molecule has 3 unspecified atom stereocenters. The summed E-state index contributed by atoms with van der Waals surface area (Å²) in [6.45, 7) is 4.85. The van der Waals surface area contributed by atoms with E-state index in [-0.39, 0.29) is 19.1 Å². The molecule has 1 amide bonds. The Labute approximate surface area is 411 Å². The minimum absolute atomic E-state index is 0.0630. The summed E-state index contributed by atoms with van der Waals surface area (Å²) in [6.07, 6.45) is 61.3. The highest BCUT2D eigenvalue weighted by Crippen LogP contribution is 2.43. The van der Waals surface area contributed by atoms with Crippen LogP contribution in [0.1, 0.15) is 284 Å². The monoisotopic (exact) mass is 954 g/mol. The Kier molecular flexibility index (Phi) is 48.2. The van der Waals surface area contributed by atoms with Crippen molar-refractivity contribution in [2.24, 2.45) is 0 Å². The van der Waals surface area contributed by atoms with Crippen molar-refractivity contribution in [2.75, 3.05) is 40.9 Å². The number of quaternary nitrogens is 1. The Morgan fingerprint density at radius 3 is 1.17 bits per heavy atom. The molecule has 0 heterocycles. The van der Waals surface area contributed by atoms with Gasteiger partial charge in [0, 0.05) is 6.42 Å². The zero-order chi connectivity index (χ0) is 48.5. The number of likely N-dealkylation sites (N-methyl/N-ethyl adjacent to an activating group) is 1. The molecule has 0 rings (SSSR count). The molecular formula is C57H114N2O6P+. The topological polar surface area (TPSA) is 105 Å². The van der Waals surface area contributed by atoms with Crippen LogP contribution >= 0.6 is 7.82 Å². The zero-order valence-electron chi connectivity index (χ0n) is 44.7. The van der Waals surface area contributed by atoms with Gasteiger partial charge in [-0.15, -0.1) is 0 Å². The summed E-state index contributed by atoms with van der Waals surface area (Å²) in [5, 5.41) is 13.9. The van der Waals surface area contributed by atoms with Gasteiger partial charge in [-0.1, -0.05) is 256 Å². The standard InChI is InChI=1S/C57H113N2O6P/c1-6-8-10-12-14-16-18-20-22-24-26-27-28-29-30-31-32-33-35-37-39-41-43-45-47-49-51-57(61)58-55(54-65-66(62,63)64-53-52-59(3,4)5)56(60)50-48-46-44-42-40-38-36-34-25-23-21-19-17-15-13-11-9-7-2/h29-30,48,50,55-56,60H,6-28,31-47,49,51-54H2,1-5H3,(H-,58,61,62,63)/p+1/b30-29-,50-48+. The quantitative estimate of drug-likeness (QED) is 0.0243. The lowest BCUT2D eigenvalue weighted by Gasteiger charge is -2.25. The summed E-state index contributed by atoms with van der Waals surface area (Å²) in [6, 6.07) is -0.845. The Morgan fingerprint density at radius 2 is 0.818 bits per heavy atom. The van der Waals surface area contributed by atoms with Gasteiger partial charge < -0.3 is 19.8 Å². The van der Waals surface area contributed by atoms with Gasteiger partial charge in [0.1, 0.15) is 13.2 Å². The van der Waals surface area contributed by atoms with Gasteiger partial charge in [-0.25, -0.2) is 4.57 Å². The normalized spacial score (nSPS) is 14.1. The number of allylic oxidation sites excluding steroid dienone is 3. The zero-order valence-corrected chi connectivity index (χ0v) is 45.6. The van der Waals surface area contributed by atoms with Crippen LogP contribution in [-0.4, -0.2) is 73.4 Å². The predicted octanol–water partition coefficient (Wildman–Crippen LogP) is 17.2. The molecular weight excluding hydrogens is 840 g/mol. The summed E-state index contributed by atoms with van der Waals surface area (Å²) in [7, 11) is 1.58. The first kappa shape index (κ1) is 65.0. The van der Waals surface area contributed by atoms with Crippen molar-refractivity contribution >= 4 is 13.7 Å². The van der Waals surface area contributed by atoms with Crippen molar-refractivity contribution in [3.63, 3.8) is 0 Å². The number of rotatable bonds is 53. The third kappa shape index (κ3) is 50.8. The van der Waals surface area contributed by atoms with Gasteiger partial charge in [0.25, 0.3) is 0 Å². The molecule has 0 saturated heterocycles. The van der Waals surface area contributed by atoms with Crippen molar-refractivity contribution < 1.29 is 32.9 Å². The number of carbonyl (C=O) groups is 1. The van der Waals surface area contributed by atoms with Gasteiger partial charge in [0.2, 0.25) is 5.91 Å². The Balaban J connectivity index is 4.18. The Hall–Kier alpha value is -1.02. The van der Waals surface area contributed by atoms with Gasteiger partial charge in [-0.05, 0) is 44.9 Å². The number of phosphoric acid groups is 1. The molecule has 0 aliphatic rings. The molecule has 9 heteroatoms. The summed E-state index contributed by atoms with van der Waals surface area (Å²) < 4.78 is 23.7. The second kappa shape index (κ2) is 49.0. The first-order chi connectivity index (χ1) is 32.0. The number of hydrogen-bond donors (Lipinski definition) is 3. The van der Waals surface area contributed by atoms with E-state index < -0.39 is 20.0 Å². The van der Waals surface area contributed by atoms with Crippen LogP contribution < -0.4 is 5.32 Å². The maximum absolute atomic E-state index is 13.0. The van der Waals surface area contributed by atoms with Crippen LogP contribution in [0, 0.1) is 0 Å². The third-order valence-electron chi connectivity index (χ3n) is 13.2. The number of nitrogens with one attached hydrogen (secondary N) is 1. The molecule has 0 aromatic rings. The van der Waals surface area contributed by atoms with Crippen LogP contribution in [0.25, 0.3) is 0 Å². The van der Waals surface area contributed by atoms with Gasteiger partial charge >= 0.3 is 7.82 Å². The third-order valence-corrected chi connectivity index (χ3v) is 14.1. The second-order valence-corrected chi connectivity index (χ2v) is 22.5. The van der Waals surface area contributed by atoms with Gasteiger partial charge in [0.15, 0.2) is 0 Å². The predicted molar refractivity (Wildman–Crippen MR) is 286 cm³/mol. The number of amides is 1. The highest BCUT2D eigenvalue weighted by Gasteiger charge is 2.27. The van der Waals surface area contributed by atoms with E-state index >= 15 is 0 Å². The average Bonchev–Trinajstić information content (AvgIpc) is 3.28. The fourth-order valence-electron chi connectivity index (χ4n) is 8.63. The lowest BCUT2D eigenvalue weighted by molar-refractivity contribution is -0.870. The highest BCUT2D eigenvalue weighted by atomic mass is 31.2. The molecule has 8 nitrogen and oxygen atoms in total. The van der Waals surface area contributed by atoms with Crippen LogP contribution in [0.3, 0.4) is 0 Å². The van der Waals surface area contributed by atoms with Crippen LogP contribution in [0.4, 0.5) is 0 Å². The van der Waals surface area contributed by atoms with E-state index in [2.05, 4.69) is 31.3 Å². The van der Waals surface area contributed by atoms with Crippen LogP contribution in [0.2, 0.25) is 0 Å². The number of carbonyl (C=O) groups excluding carboxylic acids is 1. The van der Waals surface area contributed by atoms with Crippen molar-refractivity contribution in [1.82, 2.24) is 5.32 Å². The Bertz CT molecular complexity index is 1130. The summed E-state index contributed by atoms with van der Waals surface area (Å²) in [5.74, 6) is -0.174. The highest BCUT2D eigenvalue weighted by molar-refractivity contribution is 7.47. The SMILES string of the molecule is CCCCCCCCCCCCCC/C=C\CCCCCCCCCCCCC(=O)NC(COP(=O)(O)OCC[N+](C)(C)C)C(O)/C=C/CCCCCCCCCCCCCCCCCC. The molecule has 0 spiro atoms. The van der Waals surface area contributed by atoms with E-state index in [1.54, 1.807) is 6.08 Å². The summed E-state index contributed by atoms with van der Waals surface area (Å²) >= 11 is 0. The molecule has 0 aromatic carbocycles. The molecule has 0 fully saturated rings. The van der Waals surface area contributed by atoms with Crippen LogP contribution in [0.15, 0.2) is 24.3 Å². The first-order valence-corrected chi connectivity index (χ1v) is 30.2. The van der Waals surface area contributed by atoms with E-state index in [0.29, 0.717) is 17.4 Å². The molecule has 0 saturated carbocycles. The number of phosphoric ester groups is 1. The van der Waals surface area contributed by atoms with Gasteiger partial charge in [0.05, 0.1) is 39.9 Å². The van der Waals surface area contributed by atoms with E-state index in [9.17, 15) is 19.4 Å². The van der Waals surface area contributed by atoms with Crippen LogP contribution in [-0.2, 0) is 18.4 Å². The summed E-state index contributed by atoms with van der Waals surface area (Å²) in [4.78, 5) is 23.3. The number of nitrogens with zero attached hydrogens (tertiary/aromatic N) is 1. The molecule has 0 aliphatic carbocycles. The minimum Gasteiger partial charge on any atom is -0.387 e. The Morgan fingerprint density at radius 1 is 0.500 bits per heavy atom. The molecule has 0 aromatic heterocycles. The molecule has 3 atom stereocenters. The maximum Gasteiger partial charge on any atom is 0.472 e. The molecule has 0 radical (unpaired) electrons. The van der Waals surface area contributed by atoms with Crippen molar-refractivity contribution in [2.45, 2.75) is 296 Å².